The Kier molecular flexibility index (Phi) is 2.70. The van der Waals surface area contributed by atoms with Gasteiger partial charge in [-0.2, -0.15) is 0 Å². The summed E-state index contributed by atoms with van der Waals surface area (Å²) >= 11 is 0. The molecule has 1 aliphatic carbocycles. The Bertz CT molecular complexity index is 364. The average molecular weight is 213 g/mol. The zero-order chi connectivity index (χ0) is 10.8. The van der Waals surface area contributed by atoms with Gasteiger partial charge in [-0.05, 0) is 19.8 Å². The number of aromatic nitrogens is 1. The van der Waals surface area contributed by atoms with Crippen LogP contribution in [0, 0.1) is 11.6 Å². The molecule has 0 unspecified atom stereocenters. The van der Waals surface area contributed by atoms with E-state index in [1.165, 1.54) is 0 Å². The zero-order valence-corrected chi connectivity index (χ0v) is 8.48. The Morgan fingerprint density at radius 3 is 2.60 bits per heavy atom. The van der Waals surface area contributed by atoms with Gasteiger partial charge in [0.05, 0.1) is 0 Å². The van der Waals surface area contributed by atoms with Crippen molar-refractivity contribution in [2.75, 3.05) is 17.2 Å². The lowest BCUT2D eigenvalue weighted by Gasteiger charge is -2.09. The van der Waals surface area contributed by atoms with E-state index in [1.807, 2.05) is 6.92 Å². The summed E-state index contributed by atoms with van der Waals surface area (Å²) < 4.78 is 26.4. The van der Waals surface area contributed by atoms with Crippen molar-refractivity contribution in [3.8, 4) is 0 Å². The molecule has 0 atom stereocenters. The molecule has 2 N–H and O–H groups in total. The van der Waals surface area contributed by atoms with Crippen molar-refractivity contribution in [3.63, 3.8) is 0 Å². The first-order chi connectivity index (χ1) is 7.20. The molecule has 0 amide bonds. The SMILES string of the molecule is CCNc1nc(NC2CC2)c(F)cc1F. The first-order valence-electron chi connectivity index (χ1n) is 5.07. The summed E-state index contributed by atoms with van der Waals surface area (Å²) in [7, 11) is 0. The van der Waals surface area contributed by atoms with E-state index in [4.69, 9.17) is 0 Å². The van der Waals surface area contributed by atoms with Crippen LogP contribution in [-0.4, -0.2) is 17.6 Å². The van der Waals surface area contributed by atoms with Crippen molar-refractivity contribution in [3.05, 3.63) is 17.7 Å². The van der Waals surface area contributed by atoms with Gasteiger partial charge in [0.2, 0.25) is 0 Å². The van der Waals surface area contributed by atoms with Gasteiger partial charge in [0.15, 0.2) is 23.3 Å². The molecule has 1 aromatic rings. The maximum absolute atomic E-state index is 13.3. The van der Waals surface area contributed by atoms with Crippen molar-refractivity contribution in [2.24, 2.45) is 0 Å². The molecule has 2 rings (SSSR count). The zero-order valence-electron chi connectivity index (χ0n) is 8.48. The lowest BCUT2D eigenvalue weighted by molar-refractivity contribution is 0.578. The van der Waals surface area contributed by atoms with Crippen LogP contribution in [0.4, 0.5) is 20.4 Å². The van der Waals surface area contributed by atoms with Gasteiger partial charge in [-0.3, -0.25) is 0 Å². The van der Waals surface area contributed by atoms with E-state index >= 15 is 0 Å². The maximum atomic E-state index is 13.3. The molecule has 1 saturated carbocycles. The monoisotopic (exact) mass is 213 g/mol. The third kappa shape index (κ3) is 2.34. The van der Waals surface area contributed by atoms with Gasteiger partial charge < -0.3 is 10.6 Å². The molecule has 0 aromatic carbocycles. The highest BCUT2D eigenvalue weighted by Gasteiger charge is 2.23. The normalized spacial score (nSPS) is 15.1. The number of nitrogens with one attached hydrogen (secondary N) is 2. The summed E-state index contributed by atoms with van der Waals surface area (Å²) in [5.41, 5.74) is 0. The van der Waals surface area contributed by atoms with Crippen LogP contribution in [0.25, 0.3) is 0 Å². The molecule has 0 radical (unpaired) electrons. The molecule has 0 aliphatic heterocycles. The molecule has 1 fully saturated rings. The number of anilines is 2. The lowest BCUT2D eigenvalue weighted by Crippen LogP contribution is -2.09. The predicted molar refractivity (Wildman–Crippen MR) is 55.0 cm³/mol. The van der Waals surface area contributed by atoms with Gasteiger partial charge in [0.1, 0.15) is 0 Å². The quantitative estimate of drug-likeness (QED) is 0.806. The second-order valence-corrected chi connectivity index (χ2v) is 3.60. The Hall–Kier alpha value is -1.39. The summed E-state index contributed by atoms with van der Waals surface area (Å²) in [5.74, 6) is -1.06. The van der Waals surface area contributed by atoms with Crippen molar-refractivity contribution in [2.45, 2.75) is 25.8 Å². The van der Waals surface area contributed by atoms with Crippen LogP contribution in [-0.2, 0) is 0 Å². The van der Waals surface area contributed by atoms with Gasteiger partial charge in [-0.25, -0.2) is 13.8 Å². The fourth-order valence-electron chi connectivity index (χ4n) is 1.28. The first kappa shape index (κ1) is 10.1. The molecule has 0 saturated heterocycles. The van der Waals surface area contributed by atoms with E-state index in [9.17, 15) is 8.78 Å². The van der Waals surface area contributed by atoms with E-state index in [1.54, 1.807) is 0 Å². The summed E-state index contributed by atoms with van der Waals surface area (Å²) in [4.78, 5) is 3.87. The van der Waals surface area contributed by atoms with E-state index < -0.39 is 11.6 Å². The summed E-state index contributed by atoms with van der Waals surface area (Å²) in [6.45, 7) is 2.39. The van der Waals surface area contributed by atoms with E-state index in [0.29, 0.717) is 12.6 Å². The standard InChI is InChI=1S/C10H13F2N3/c1-2-13-9-7(11)5-8(12)10(15-9)14-6-3-4-6/h5-6H,2-4H2,1H3,(H2,13,14,15). The lowest BCUT2D eigenvalue weighted by atomic mass is 10.4. The Morgan fingerprint density at radius 2 is 2.00 bits per heavy atom. The molecule has 82 valence electrons. The highest BCUT2D eigenvalue weighted by Crippen LogP contribution is 2.26. The van der Waals surface area contributed by atoms with E-state index in [-0.39, 0.29) is 11.6 Å². The molecule has 15 heavy (non-hydrogen) atoms. The van der Waals surface area contributed by atoms with Crippen molar-refractivity contribution >= 4 is 11.6 Å². The molecule has 1 heterocycles. The minimum absolute atomic E-state index is 0.0991. The Morgan fingerprint density at radius 1 is 1.33 bits per heavy atom. The van der Waals surface area contributed by atoms with Gasteiger partial charge >= 0.3 is 0 Å². The third-order valence-electron chi connectivity index (χ3n) is 2.19. The van der Waals surface area contributed by atoms with Crippen LogP contribution in [0.1, 0.15) is 19.8 Å². The van der Waals surface area contributed by atoms with Gasteiger partial charge in [-0.15, -0.1) is 0 Å². The highest BCUT2D eigenvalue weighted by atomic mass is 19.1. The second kappa shape index (κ2) is 4.00. The van der Waals surface area contributed by atoms with Crippen LogP contribution in [0.15, 0.2) is 6.07 Å². The Labute approximate surface area is 86.9 Å². The molecule has 0 spiro atoms. The average Bonchev–Trinajstić information content (AvgIpc) is 2.97. The summed E-state index contributed by atoms with van der Waals surface area (Å²) in [5, 5.41) is 5.66. The van der Waals surface area contributed by atoms with Crippen molar-refractivity contribution in [1.82, 2.24) is 4.98 Å². The maximum Gasteiger partial charge on any atom is 0.168 e. The molecule has 1 aliphatic rings. The largest absolute Gasteiger partial charge is 0.368 e. The molecule has 3 nitrogen and oxygen atoms in total. The molecular weight excluding hydrogens is 200 g/mol. The molecule has 1 aromatic heterocycles. The van der Waals surface area contributed by atoms with Crippen LogP contribution < -0.4 is 10.6 Å². The summed E-state index contributed by atoms with van der Waals surface area (Å²) in [6.07, 6.45) is 2.05. The topological polar surface area (TPSA) is 37.0 Å². The number of hydrogen-bond acceptors (Lipinski definition) is 3. The fraction of sp³-hybridized carbons (Fsp3) is 0.500. The third-order valence-corrected chi connectivity index (χ3v) is 2.19. The molecular formula is C10H13F2N3. The van der Waals surface area contributed by atoms with Gasteiger partial charge in [-0.1, -0.05) is 0 Å². The Balaban J connectivity index is 2.23. The van der Waals surface area contributed by atoms with Crippen molar-refractivity contribution < 1.29 is 8.78 Å². The second-order valence-electron chi connectivity index (χ2n) is 3.60. The molecule has 0 bridgehead atoms. The van der Waals surface area contributed by atoms with Crippen molar-refractivity contribution in [1.29, 1.82) is 0 Å². The fourth-order valence-corrected chi connectivity index (χ4v) is 1.28. The first-order valence-corrected chi connectivity index (χ1v) is 5.07. The minimum Gasteiger partial charge on any atom is -0.368 e. The minimum atomic E-state index is -0.657. The number of rotatable bonds is 4. The summed E-state index contributed by atoms with van der Waals surface area (Å²) in [6, 6.07) is 1.15. The van der Waals surface area contributed by atoms with Crippen LogP contribution in [0.2, 0.25) is 0 Å². The van der Waals surface area contributed by atoms with Crippen LogP contribution >= 0.6 is 0 Å². The van der Waals surface area contributed by atoms with Gasteiger partial charge in [0.25, 0.3) is 0 Å². The van der Waals surface area contributed by atoms with Gasteiger partial charge in [0, 0.05) is 18.7 Å². The van der Waals surface area contributed by atoms with E-state index in [0.717, 1.165) is 18.9 Å². The number of pyridine rings is 1. The number of hydrogen-bond donors (Lipinski definition) is 2. The number of nitrogens with zero attached hydrogens (tertiary/aromatic N) is 1. The molecule has 5 heteroatoms. The predicted octanol–water partition coefficient (Wildman–Crippen LogP) is 2.37. The smallest absolute Gasteiger partial charge is 0.168 e. The van der Waals surface area contributed by atoms with Crippen LogP contribution in [0.3, 0.4) is 0 Å². The number of halogens is 2. The van der Waals surface area contributed by atoms with Crippen LogP contribution in [0.5, 0.6) is 0 Å². The van der Waals surface area contributed by atoms with E-state index in [2.05, 4.69) is 15.6 Å². The highest BCUT2D eigenvalue weighted by molar-refractivity contribution is 5.48.